The van der Waals surface area contributed by atoms with Crippen molar-refractivity contribution in [2.75, 3.05) is 39.4 Å². The molecule has 2 saturated heterocycles. The second-order valence-corrected chi connectivity index (χ2v) is 8.55. The van der Waals surface area contributed by atoms with Crippen molar-refractivity contribution < 1.29 is 4.74 Å². The Bertz CT molecular complexity index is 751. The third kappa shape index (κ3) is 3.87. The Morgan fingerprint density at radius 2 is 2.08 bits per heavy atom. The number of halogens is 1. The first-order valence-corrected chi connectivity index (χ1v) is 10.4. The molecule has 0 aromatic carbocycles. The van der Waals surface area contributed by atoms with E-state index in [4.69, 9.17) is 28.6 Å². The lowest BCUT2D eigenvalue weighted by atomic mass is 10.0. The number of pyridine rings is 1. The molecule has 0 bridgehead atoms. The van der Waals surface area contributed by atoms with Gasteiger partial charge in [-0.15, -0.1) is 11.3 Å². The number of hydrogen-bond acceptors (Lipinski definition) is 5. The molecule has 2 aliphatic rings. The Kier molecular flexibility index (Phi) is 5.71. The zero-order valence-electron chi connectivity index (χ0n) is 14.3. The molecule has 0 unspecified atom stereocenters. The highest BCUT2D eigenvalue weighted by Gasteiger charge is 2.40. The minimum Gasteiger partial charge on any atom is -0.379 e. The first kappa shape index (κ1) is 18.1. The van der Waals surface area contributed by atoms with Crippen LogP contribution in [-0.4, -0.2) is 59.3 Å². The van der Waals surface area contributed by atoms with Crippen molar-refractivity contribution >= 4 is 40.3 Å². The van der Waals surface area contributed by atoms with Crippen LogP contribution < -0.4 is 5.32 Å². The fourth-order valence-corrected chi connectivity index (χ4v) is 5.06. The van der Waals surface area contributed by atoms with Crippen LogP contribution in [0.2, 0.25) is 4.34 Å². The van der Waals surface area contributed by atoms with Gasteiger partial charge in [-0.2, -0.15) is 0 Å². The van der Waals surface area contributed by atoms with Crippen LogP contribution in [0.1, 0.15) is 22.7 Å². The average molecular weight is 409 g/mol. The molecule has 4 heterocycles. The van der Waals surface area contributed by atoms with Crippen molar-refractivity contribution in [1.29, 1.82) is 0 Å². The van der Waals surface area contributed by atoms with E-state index >= 15 is 0 Å². The van der Waals surface area contributed by atoms with Gasteiger partial charge in [-0.05, 0) is 36.5 Å². The molecule has 0 amide bonds. The van der Waals surface area contributed by atoms with Crippen LogP contribution in [0, 0.1) is 0 Å². The number of hydrogen-bond donors (Lipinski definition) is 1. The molecular formula is C18H21ClN4OS2. The minimum absolute atomic E-state index is 0.0307. The van der Waals surface area contributed by atoms with Gasteiger partial charge in [-0.3, -0.25) is 9.88 Å². The smallest absolute Gasteiger partial charge is 0.170 e. The van der Waals surface area contributed by atoms with Crippen LogP contribution in [0.25, 0.3) is 0 Å². The van der Waals surface area contributed by atoms with Gasteiger partial charge >= 0.3 is 0 Å². The maximum absolute atomic E-state index is 6.22. The molecule has 1 N–H and O–H groups in total. The van der Waals surface area contributed by atoms with Crippen molar-refractivity contribution in [2.24, 2.45) is 0 Å². The molecule has 0 aliphatic carbocycles. The zero-order chi connectivity index (χ0) is 17.9. The highest BCUT2D eigenvalue weighted by atomic mass is 35.5. The number of nitrogens with one attached hydrogen (secondary N) is 1. The number of aromatic nitrogens is 1. The normalized spacial score (nSPS) is 24.0. The summed E-state index contributed by atoms with van der Waals surface area (Å²) in [4.78, 5) is 10.5. The molecule has 0 radical (unpaired) electrons. The van der Waals surface area contributed by atoms with E-state index in [0.29, 0.717) is 0 Å². The number of thiophene rings is 1. The van der Waals surface area contributed by atoms with Gasteiger partial charge in [0.1, 0.15) is 0 Å². The number of ether oxygens (including phenoxy) is 1. The van der Waals surface area contributed by atoms with Crippen molar-refractivity contribution in [2.45, 2.75) is 12.1 Å². The predicted octanol–water partition coefficient (Wildman–Crippen LogP) is 3.10. The van der Waals surface area contributed by atoms with E-state index in [0.717, 1.165) is 54.5 Å². The molecule has 2 fully saturated rings. The SMILES string of the molecule is S=C1N[C@@H](c2ccccn2)[C@@H](c2ccc(Cl)s2)N1CCN1CCOCC1. The van der Waals surface area contributed by atoms with Crippen LogP contribution in [0.5, 0.6) is 0 Å². The predicted molar refractivity (Wildman–Crippen MR) is 109 cm³/mol. The number of thiocarbonyl (C=S) groups is 1. The van der Waals surface area contributed by atoms with E-state index in [2.05, 4.69) is 26.2 Å². The molecule has 2 atom stereocenters. The first-order valence-electron chi connectivity index (χ1n) is 8.76. The molecule has 2 aliphatic heterocycles. The number of morpholine rings is 1. The van der Waals surface area contributed by atoms with Gasteiger partial charge in [0.2, 0.25) is 0 Å². The summed E-state index contributed by atoms with van der Waals surface area (Å²) in [6.07, 6.45) is 1.83. The largest absolute Gasteiger partial charge is 0.379 e. The van der Waals surface area contributed by atoms with E-state index in [1.807, 2.05) is 30.5 Å². The fourth-order valence-electron chi connectivity index (χ4n) is 3.52. The number of rotatable bonds is 5. The summed E-state index contributed by atoms with van der Waals surface area (Å²) >= 11 is 13.5. The summed E-state index contributed by atoms with van der Waals surface area (Å²) in [5, 5.41) is 4.26. The van der Waals surface area contributed by atoms with Gasteiger partial charge in [0, 0.05) is 37.3 Å². The Morgan fingerprint density at radius 3 is 2.77 bits per heavy atom. The summed E-state index contributed by atoms with van der Waals surface area (Å²) in [5.74, 6) is 0. The van der Waals surface area contributed by atoms with E-state index in [1.54, 1.807) is 11.3 Å². The molecule has 2 aromatic rings. The van der Waals surface area contributed by atoms with E-state index in [1.165, 1.54) is 4.88 Å². The highest BCUT2D eigenvalue weighted by molar-refractivity contribution is 7.80. The lowest BCUT2D eigenvalue weighted by Crippen LogP contribution is -2.42. The molecule has 2 aromatic heterocycles. The third-order valence-electron chi connectivity index (χ3n) is 4.84. The van der Waals surface area contributed by atoms with Crippen LogP contribution in [0.4, 0.5) is 0 Å². The van der Waals surface area contributed by atoms with Gasteiger partial charge in [0.15, 0.2) is 5.11 Å². The van der Waals surface area contributed by atoms with Gasteiger partial charge in [-0.25, -0.2) is 0 Å². The van der Waals surface area contributed by atoms with Crippen molar-refractivity contribution in [1.82, 2.24) is 20.1 Å². The summed E-state index contributed by atoms with van der Waals surface area (Å²) in [6, 6.07) is 10.2. The lowest BCUT2D eigenvalue weighted by Gasteiger charge is -2.31. The van der Waals surface area contributed by atoms with Crippen molar-refractivity contribution in [3.05, 3.63) is 51.4 Å². The Morgan fingerprint density at radius 1 is 1.23 bits per heavy atom. The summed E-state index contributed by atoms with van der Waals surface area (Å²) in [5.41, 5.74) is 0.998. The van der Waals surface area contributed by atoms with Crippen LogP contribution in [-0.2, 0) is 4.74 Å². The van der Waals surface area contributed by atoms with E-state index < -0.39 is 0 Å². The van der Waals surface area contributed by atoms with E-state index in [9.17, 15) is 0 Å². The molecule has 0 spiro atoms. The summed E-state index contributed by atoms with van der Waals surface area (Å²) < 4.78 is 6.24. The minimum atomic E-state index is 0.0307. The van der Waals surface area contributed by atoms with Gasteiger partial charge in [0.05, 0.1) is 35.3 Å². The standard InChI is InChI=1S/C18H21ClN4OS2/c19-15-5-4-14(26-15)17-16(13-3-1-2-6-20-13)21-18(25)23(17)8-7-22-9-11-24-12-10-22/h1-6,16-17H,7-12H2,(H,21,25)/t16-,17+/m0/s1. The molecule has 138 valence electrons. The average Bonchev–Trinajstić information content (AvgIpc) is 3.24. The van der Waals surface area contributed by atoms with Gasteiger partial charge < -0.3 is 15.0 Å². The molecule has 0 saturated carbocycles. The number of nitrogens with zero attached hydrogens (tertiary/aromatic N) is 3. The van der Waals surface area contributed by atoms with Crippen LogP contribution >= 0.6 is 35.2 Å². The Balaban J connectivity index is 1.57. The second kappa shape index (κ2) is 8.19. The van der Waals surface area contributed by atoms with Crippen LogP contribution in [0.3, 0.4) is 0 Å². The molecule has 26 heavy (non-hydrogen) atoms. The lowest BCUT2D eigenvalue weighted by molar-refractivity contribution is 0.0351. The molecular weight excluding hydrogens is 388 g/mol. The maximum Gasteiger partial charge on any atom is 0.170 e. The summed E-state index contributed by atoms with van der Waals surface area (Å²) in [7, 11) is 0. The quantitative estimate of drug-likeness (QED) is 0.766. The second-order valence-electron chi connectivity index (χ2n) is 6.42. The van der Waals surface area contributed by atoms with E-state index in [-0.39, 0.29) is 12.1 Å². The Hall–Kier alpha value is -1.25. The van der Waals surface area contributed by atoms with Crippen molar-refractivity contribution in [3.63, 3.8) is 0 Å². The monoisotopic (exact) mass is 408 g/mol. The third-order valence-corrected chi connectivity index (χ3v) is 6.50. The summed E-state index contributed by atoms with van der Waals surface area (Å²) in [6.45, 7) is 5.41. The van der Waals surface area contributed by atoms with Crippen molar-refractivity contribution in [3.8, 4) is 0 Å². The van der Waals surface area contributed by atoms with Gasteiger partial charge in [-0.1, -0.05) is 17.7 Å². The Labute approximate surface area is 167 Å². The highest BCUT2D eigenvalue weighted by Crippen LogP contribution is 2.41. The molecule has 4 rings (SSSR count). The first-order chi connectivity index (χ1) is 12.7. The molecule has 8 heteroatoms. The maximum atomic E-state index is 6.22. The molecule has 5 nitrogen and oxygen atoms in total. The topological polar surface area (TPSA) is 40.6 Å². The van der Waals surface area contributed by atoms with Gasteiger partial charge in [0.25, 0.3) is 0 Å². The van der Waals surface area contributed by atoms with Crippen LogP contribution in [0.15, 0.2) is 36.5 Å². The fraction of sp³-hybridized carbons (Fsp3) is 0.444. The zero-order valence-corrected chi connectivity index (χ0v) is 16.7.